The second-order valence-corrected chi connectivity index (χ2v) is 9.74. The molecule has 0 fully saturated rings. The Bertz CT molecular complexity index is 1280. The van der Waals surface area contributed by atoms with Gasteiger partial charge in [-0.1, -0.05) is 19.1 Å². The molecule has 7 nitrogen and oxygen atoms in total. The molecule has 0 saturated heterocycles. The summed E-state index contributed by atoms with van der Waals surface area (Å²) in [7, 11) is 0. The Kier molecular flexibility index (Phi) is 4.76. The molecule has 2 atom stereocenters. The van der Waals surface area contributed by atoms with Crippen LogP contribution < -0.4 is 24.8 Å². The van der Waals surface area contributed by atoms with Crippen LogP contribution in [0.2, 0.25) is 0 Å². The maximum atomic E-state index is 13.0. The van der Waals surface area contributed by atoms with Gasteiger partial charge in [0.15, 0.2) is 11.5 Å². The lowest BCUT2D eigenvalue weighted by molar-refractivity contribution is 0.0733. The van der Waals surface area contributed by atoms with E-state index in [0.29, 0.717) is 28.7 Å². The number of rotatable bonds is 3. The molecular weight excluding hydrogens is 440 g/mol. The zero-order valence-electron chi connectivity index (χ0n) is 18.0. The highest BCUT2D eigenvalue weighted by Gasteiger charge is 2.33. The fraction of sp³-hybridized carbons (Fsp3) is 0.280. The third kappa shape index (κ3) is 3.60. The molecule has 2 N–H and O–H groups in total. The molecule has 1 amide bonds. The summed E-state index contributed by atoms with van der Waals surface area (Å²) in [5.74, 6) is 1.63. The molecule has 8 heteroatoms. The van der Waals surface area contributed by atoms with Crippen LogP contribution in [0.5, 0.6) is 17.2 Å². The molecule has 2 aromatic carbocycles. The third-order valence-corrected chi connectivity index (χ3v) is 7.49. The number of thiophene rings is 1. The van der Waals surface area contributed by atoms with Crippen molar-refractivity contribution in [3.8, 4) is 17.2 Å². The molecule has 1 aromatic heterocycles. The van der Waals surface area contributed by atoms with Crippen LogP contribution in [-0.4, -0.2) is 18.7 Å². The lowest BCUT2D eigenvalue weighted by atomic mass is 9.88. The second kappa shape index (κ2) is 7.81. The SMILES string of the molecule is C[C@@H]1CCc2c(sc3c2C(=O)N[C@H](c2cccc(OC(=O)c4ccc5c(c4)OCO5)c2)N3)C1. The predicted octanol–water partition coefficient (Wildman–Crippen LogP) is 4.67. The van der Waals surface area contributed by atoms with Crippen molar-refractivity contribution in [2.24, 2.45) is 5.92 Å². The van der Waals surface area contributed by atoms with Gasteiger partial charge in [-0.25, -0.2) is 4.79 Å². The molecule has 33 heavy (non-hydrogen) atoms. The molecule has 0 saturated carbocycles. The first-order chi connectivity index (χ1) is 16.0. The number of nitrogens with one attached hydrogen (secondary N) is 2. The first-order valence-corrected chi connectivity index (χ1v) is 11.8. The molecule has 2 aliphatic heterocycles. The van der Waals surface area contributed by atoms with Gasteiger partial charge in [-0.3, -0.25) is 4.79 Å². The van der Waals surface area contributed by atoms with Gasteiger partial charge in [-0.2, -0.15) is 0 Å². The number of carbonyl (C=O) groups is 2. The number of hydrogen-bond acceptors (Lipinski definition) is 7. The number of fused-ring (bicyclic) bond motifs is 4. The molecule has 3 heterocycles. The summed E-state index contributed by atoms with van der Waals surface area (Å²) >= 11 is 1.69. The monoisotopic (exact) mass is 462 g/mol. The highest BCUT2D eigenvalue weighted by molar-refractivity contribution is 7.16. The minimum absolute atomic E-state index is 0.0523. The average molecular weight is 463 g/mol. The lowest BCUT2D eigenvalue weighted by Gasteiger charge is -2.27. The minimum atomic E-state index is -0.492. The number of anilines is 1. The third-order valence-electron chi connectivity index (χ3n) is 6.30. The molecule has 6 rings (SSSR count). The first kappa shape index (κ1) is 20.1. The summed E-state index contributed by atoms with van der Waals surface area (Å²) in [6, 6.07) is 12.1. The summed E-state index contributed by atoms with van der Waals surface area (Å²) in [6.07, 6.45) is 2.70. The van der Waals surface area contributed by atoms with E-state index in [1.807, 2.05) is 12.1 Å². The van der Waals surface area contributed by atoms with Gasteiger partial charge in [-0.15, -0.1) is 11.3 Å². The van der Waals surface area contributed by atoms with E-state index in [4.69, 9.17) is 14.2 Å². The van der Waals surface area contributed by atoms with Gasteiger partial charge >= 0.3 is 5.97 Å². The van der Waals surface area contributed by atoms with Crippen LogP contribution in [0.3, 0.4) is 0 Å². The highest BCUT2D eigenvalue weighted by Crippen LogP contribution is 2.42. The molecule has 0 radical (unpaired) electrons. The molecule has 168 valence electrons. The average Bonchev–Trinajstić information content (AvgIpc) is 3.42. The molecule has 1 aliphatic carbocycles. The Labute approximate surface area is 194 Å². The summed E-state index contributed by atoms with van der Waals surface area (Å²) in [6.45, 7) is 2.40. The van der Waals surface area contributed by atoms with Crippen molar-refractivity contribution in [3.63, 3.8) is 0 Å². The van der Waals surface area contributed by atoms with Gasteiger partial charge in [0.25, 0.3) is 5.91 Å². The summed E-state index contributed by atoms with van der Waals surface area (Å²) in [5, 5.41) is 7.46. The Morgan fingerprint density at radius 2 is 2.00 bits per heavy atom. The first-order valence-electron chi connectivity index (χ1n) is 11.0. The van der Waals surface area contributed by atoms with Crippen molar-refractivity contribution in [1.29, 1.82) is 0 Å². The van der Waals surface area contributed by atoms with Crippen LogP contribution in [-0.2, 0) is 12.8 Å². The Hall–Kier alpha value is -3.52. The standard InChI is InChI=1S/C25H22N2O5S/c1-13-5-7-17-20(9-13)33-24-21(17)23(28)26-22(27-24)14-3-2-4-16(10-14)32-25(29)15-6-8-18-19(11-15)31-12-30-18/h2-4,6,8,10-11,13,22,27H,5,7,9,12H2,1H3,(H,26,28)/t13-,22+/m1/s1. The number of benzene rings is 2. The van der Waals surface area contributed by atoms with E-state index < -0.39 is 12.1 Å². The Balaban J connectivity index is 1.22. The summed E-state index contributed by atoms with van der Waals surface area (Å²) in [5.41, 5.74) is 3.17. The summed E-state index contributed by atoms with van der Waals surface area (Å²) < 4.78 is 16.2. The van der Waals surface area contributed by atoms with E-state index in [9.17, 15) is 9.59 Å². The number of amides is 1. The fourth-order valence-electron chi connectivity index (χ4n) is 4.58. The molecule has 0 bridgehead atoms. The van der Waals surface area contributed by atoms with Crippen molar-refractivity contribution in [3.05, 3.63) is 69.6 Å². The molecule has 0 spiro atoms. The molecular formula is C25H22N2O5S. The number of hydrogen-bond donors (Lipinski definition) is 2. The van der Waals surface area contributed by atoms with Crippen LogP contribution in [0.1, 0.15) is 56.2 Å². The van der Waals surface area contributed by atoms with Crippen LogP contribution >= 0.6 is 11.3 Å². The number of carbonyl (C=O) groups excluding carboxylic acids is 2. The van der Waals surface area contributed by atoms with E-state index in [1.54, 1.807) is 41.7 Å². The molecule has 3 aliphatic rings. The smallest absolute Gasteiger partial charge is 0.343 e. The largest absolute Gasteiger partial charge is 0.454 e. The van der Waals surface area contributed by atoms with Crippen LogP contribution in [0.4, 0.5) is 5.00 Å². The fourth-order valence-corrected chi connectivity index (χ4v) is 6.01. The van der Waals surface area contributed by atoms with E-state index >= 15 is 0 Å². The van der Waals surface area contributed by atoms with Crippen molar-refractivity contribution in [2.45, 2.75) is 32.4 Å². The van der Waals surface area contributed by atoms with Gasteiger partial charge in [0.05, 0.1) is 11.1 Å². The Morgan fingerprint density at radius 3 is 2.91 bits per heavy atom. The van der Waals surface area contributed by atoms with Crippen LogP contribution in [0.25, 0.3) is 0 Å². The number of esters is 1. The van der Waals surface area contributed by atoms with E-state index in [2.05, 4.69) is 17.6 Å². The maximum absolute atomic E-state index is 13.0. The van der Waals surface area contributed by atoms with Gasteiger partial charge in [0, 0.05) is 4.88 Å². The van der Waals surface area contributed by atoms with E-state index in [-0.39, 0.29) is 12.7 Å². The lowest BCUT2D eigenvalue weighted by Crippen LogP contribution is -2.38. The van der Waals surface area contributed by atoms with Gasteiger partial charge < -0.3 is 24.8 Å². The van der Waals surface area contributed by atoms with Crippen molar-refractivity contribution in [2.75, 3.05) is 12.1 Å². The number of ether oxygens (including phenoxy) is 3. The highest BCUT2D eigenvalue weighted by atomic mass is 32.1. The topological polar surface area (TPSA) is 85.9 Å². The van der Waals surface area contributed by atoms with Crippen LogP contribution in [0, 0.1) is 5.92 Å². The predicted molar refractivity (Wildman–Crippen MR) is 123 cm³/mol. The molecule has 3 aromatic rings. The van der Waals surface area contributed by atoms with E-state index in [0.717, 1.165) is 35.4 Å². The van der Waals surface area contributed by atoms with Gasteiger partial charge in [-0.05, 0) is 66.6 Å². The minimum Gasteiger partial charge on any atom is -0.454 e. The van der Waals surface area contributed by atoms with E-state index in [1.165, 1.54) is 10.4 Å². The molecule has 0 unspecified atom stereocenters. The summed E-state index contributed by atoms with van der Waals surface area (Å²) in [4.78, 5) is 26.9. The zero-order valence-corrected chi connectivity index (χ0v) is 18.8. The van der Waals surface area contributed by atoms with Crippen molar-refractivity contribution >= 4 is 28.2 Å². The zero-order chi connectivity index (χ0) is 22.5. The maximum Gasteiger partial charge on any atom is 0.343 e. The quantitative estimate of drug-likeness (QED) is 0.434. The normalized spacial score (nSPS) is 20.3. The van der Waals surface area contributed by atoms with Crippen LogP contribution in [0.15, 0.2) is 42.5 Å². The van der Waals surface area contributed by atoms with Gasteiger partial charge in [0.2, 0.25) is 6.79 Å². The van der Waals surface area contributed by atoms with Crippen molar-refractivity contribution in [1.82, 2.24) is 5.32 Å². The second-order valence-electron chi connectivity index (χ2n) is 8.64. The van der Waals surface area contributed by atoms with Crippen molar-refractivity contribution < 1.29 is 23.8 Å². The Morgan fingerprint density at radius 1 is 1.12 bits per heavy atom. The van der Waals surface area contributed by atoms with Gasteiger partial charge in [0.1, 0.15) is 16.9 Å².